The van der Waals surface area contributed by atoms with Crippen LogP contribution in [0.1, 0.15) is 45.8 Å². The monoisotopic (exact) mass is 485 g/mol. The third-order valence-electron chi connectivity index (χ3n) is 7.08. The summed E-state index contributed by atoms with van der Waals surface area (Å²) in [5.74, 6) is 0.283. The molecule has 0 N–H and O–H groups in total. The molecule has 0 spiro atoms. The molecule has 0 bridgehead atoms. The molecule has 5 aromatic rings. The van der Waals surface area contributed by atoms with Crippen molar-refractivity contribution in [3.05, 3.63) is 95.1 Å². The zero-order valence-electron chi connectivity index (χ0n) is 20.6. The number of aryl methyl sites for hydroxylation is 2. The summed E-state index contributed by atoms with van der Waals surface area (Å²) >= 11 is 0. The Morgan fingerprint density at radius 3 is 2.44 bits per heavy atom. The van der Waals surface area contributed by atoms with Gasteiger partial charge in [0.25, 0.3) is 0 Å². The first-order chi connectivity index (χ1) is 17.0. The molecule has 5 nitrogen and oxygen atoms in total. The van der Waals surface area contributed by atoms with E-state index in [-0.39, 0.29) is 41.2 Å². The first-order valence-electron chi connectivity index (χ1n) is 11.9. The second-order valence-corrected chi connectivity index (χ2v) is 9.32. The van der Waals surface area contributed by atoms with E-state index in [4.69, 9.17) is 14.1 Å². The normalized spacial score (nSPS) is 16.9. The number of rotatable bonds is 5. The van der Waals surface area contributed by atoms with E-state index in [1.807, 2.05) is 56.3 Å². The minimum Gasteiger partial charge on any atom is -0.545 e. The molecule has 1 fully saturated rings. The van der Waals surface area contributed by atoms with E-state index in [2.05, 4.69) is 24.3 Å². The molecule has 0 saturated heterocycles. The summed E-state index contributed by atoms with van der Waals surface area (Å²) in [7, 11) is 0. The molecule has 3 aromatic carbocycles. The summed E-state index contributed by atoms with van der Waals surface area (Å²) in [5.41, 5.74) is 4.94. The number of ether oxygens (including phenoxy) is 1. The van der Waals surface area contributed by atoms with Crippen LogP contribution in [0.5, 0.6) is 5.75 Å². The van der Waals surface area contributed by atoms with Crippen molar-refractivity contribution in [2.75, 3.05) is 0 Å². The van der Waals surface area contributed by atoms with Crippen molar-refractivity contribution in [3.63, 3.8) is 0 Å². The van der Waals surface area contributed by atoms with Gasteiger partial charge in [0.1, 0.15) is 17.0 Å². The predicted molar refractivity (Wildman–Crippen MR) is 134 cm³/mol. The summed E-state index contributed by atoms with van der Waals surface area (Å²) in [5, 5.41) is 13.8. The van der Waals surface area contributed by atoms with Gasteiger partial charge in [0.15, 0.2) is 5.76 Å². The van der Waals surface area contributed by atoms with Crippen molar-refractivity contribution in [1.82, 2.24) is 4.98 Å². The van der Waals surface area contributed by atoms with Crippen molar-refractivity contribution in [3.8, 4) is 17.2 Å². The molecule has 0 amide bonds. The van der Waals surface area contributed by atoms with Gasteiger partial charge in [-0.1, -0.05) is 54.6 Å². The van der Waals surface area contributed by atoms with E-state index in [1.165, 1.54) is 5.56 Å². The van der Waals surface area contributed by atoms with Gasteiger partial charge in [-0.05, 0) is 61.9 Å². The van der Waals surface area contributed by atoms with Gasteiger partial charge in [-0.25, -0.2) is 4.98 Å². The van der Waals surface area contributed by atoms with Crippen LogP contribution in [0.4, 0.5) is 0 Å². The number of carboxylic acids is 1. The maximum absolute atomic E-state index is 12.3. The third kappa shape index (κ3) is 4.21. The van der Waals surface area contributed by atoms with Crippen LogP contribution in [-0.2, 0) is 0 Å². The molecule has 1 aliphatic carbocycles. The maximum atomic E-state index is 12.3. The summed E-state index contributed by atoms with van der Waals surface area (Å²) in [4.78, 5) is 17.2. The van der Waals surface area contributed by atoms with Crippen LogP contribution in [0, 0.1) is 13.8 Å². The number of aromatic carboxylic acids is 1. The number of para-hydroxylation sites is 1. The Hall–Kier alpha value is -3.12. The van der Waals surface area contributed by atoms with Crippen molar-refractivity contribution >= 4 is 27.8 Å². The number of carbonyl (C=O) groups excluding carboxylic acids is 1. The van der Waals surface area contributed by atoms with E-state index in [9.17, 15) is 9.90 Å². The number of nitrogens with zero attached hydrogens (tertiary/aromatic N) is 1. The molecule has 1 saturated carbocycles. The van der Waals surface area contributed by atoms with Crippen LogP contribution >= 0.6 is 0 Å². The van der Waals surface area contributed by atoms with Crippen LogP contribution in [0.25, 0.3) is 33.3 Å². The Labute approximate surface area is 231 Å². The summed E-state index contributed by atoms with van der Waals surface area (Å²) < 4.78 is 12.4. The molecule has 1 aliphatic rings. The average molecular weight is 486 g/mol. The molecule has 174 valence electrons. The molecule has 0 unspecified atom stereocenters. The Bertz CT molecular complexity index is 1590. The van der Waals surface area contributed by atoms with Crippen LogP contribution in [0.3, 0.4) is 0 Å². The number of furan rings is 1. The smallest absolute Gasteiger partial charge is 0.545 e. The number of carboxylic acid groups (broad SMARTS) is 1. The zero-order valence-corrected chi connectivity index (χ0v) is 22.6. The summed E-state index contributed by atoms with van der Waals surface area (Å²) in [6.07, 6.45) is 1.81. The first kappa shape index (κ1) is 24.6. The number of aromatic nitrogens is 1. The maximum Gasteiger partial charge on any atom is 1.00 e. The Kier molecular flexibility index (Phi) is 6.64. The Morgan fingerprint density at radius 1 is 1.00 bits per heavy atom. The molecule has 6 rings (SSSR count). The molecular formula is C30H24NNaO4. The SMILES string of the molecule is Cc1c(-c2cc(C(=O)[O-])c3c(OC4CC(c5ccccc5)C4)ccc(C)c3n2)oc2ccccc12.[Na+]. The standard InChI is InChI=1S/C30H25NO4.Na/c1-17-12-13-26(34-21-14-20(15-21)19-8-4-3-5-9-19)27-23(30(32)33)16-24(31-28(17)27)29-18(2)22-10-6-7-11-25(22)35-29;/h3-13,16,20-21H,14-15H2,1-2H3,(H,32,33);/q;+1/p-1. The number of fused-ring (bicyclic) bond motifs is 2. The van der Waals surface area contributed by atoms with Gasteiger partial charge >= 0.3 is 29.6 Å². The van der Waals surface area contributed by atoms with Gasteiger partial charge in [0.2, 0.25) is 0 Å². The third-order valence-corrected chi connectivity index (χ3v) is 7.08. The molecule has 0 atom stereocenters. The number of pyridine rings is 1. The van der Waals surface area contributed by atoms with Crippen molar-refractivity contribution in [2.45, 2.75) is 38.7 Å². The van der Waals surface area contributed by atoms with E-state index in [0.29, 0.717) is 34.0 Å². The number of carbonyl (C=O) groups is 1. The van der Waals surface area contributed by atoms with E-state index >= 15 is 0 Å². The predicted octanol–water partition coefficient (Wildman–Crippen LogP) is 2.96. The minimum absolute atomic E-state index is 0. The molecular weight excluding hydrogens is 461 g/mol. The second kappa shape index (κ2) is 9.74. The van der Waals surface area contributed by atoms with Gasteiger partial charge in [0, 0.05) is 16.5 Å². The van der Waals surface area contributed by atoms with E-state index in [0.717, 1.165) is 34.9 Å². The molecule has 6 heteroatoms. The van der Waals surface area contributed by atoms with Crippen LogP contribution in [0.2, 0.25) is 0 Å². The van der Waals surface area contributed by atoms with Crippen LogP contribution in [-0.4, -0.2) is 17.1 Å². The molecule has 0 radical (unpaired) electrons. The van der Waals surface area contributed by atoms with Crippen LogP contribution in [0.15, 0.2) is 77.2 Å². The van der Waals surface area contributed by atoms with Gasteiger partial charge in [-0.15, -0.1) is 0 Å². The van der Waals surface area contributed by atoms with Crippen LogP contribution < -0.4 is 39.4 Å². The molecule has 0 aliphatic heterocycles. The fourth-order valence-corrected chi connectivity index (χ4v) is 5.08. The van der Waals surface area contributed by atoms with Crippen molar-refractivity contribution in [2.24, 2.45) is 0 Å². The Balaban J connectivity index is 0.00000267. The molecule has 2 aromatic heterocycles. The summed E-state index contributed by atoms with van der Waals surface area (Å²) in [6, 6.07) is 23.4. The van der Waals surface area contributed by atoms with E-state index < -0.39 is 5.97 Å². The number of benzene rings is 3. The fourth-order valence-electron chi connectivity index (χ4n) is 5.08. The van der Waals surface area contributed by atoms with Crippen molar-refractivity contribution < 1.29 is 48.6 Å². The number of hydrogen-bond donors (Lipinski definition) is 0. The van der Waals surface area contributed by atoms with Gasteiger partial charge in [-0.2, -0.15) is 0 Å². The average Bonchev–Trinajstić information content (AvgIpc) is 3.19. The van der Waals surface area contributed by atoms with E-state index in [1.54, 1.807) is 6.07 Å². The largest absolute Gasteiger partial charge is 1.00 e. The minimum atomic E-state index is -1.27. The molecule has 2 heterocycles. The second-order valence-electron chi connectivity index (χ2n) is 9.32. The topological polar surface area (TPSA) is 75.4 Å². The van der Waals surface area contributed by atoms with Gasteiger partial charge < -0.3 is 19.1 Å². The summed E-state index contributed by atoms with van der Waals surface area (Å²) in [6.45, 7) is 3.88. The van der Waals surface area contributed by atoms with Crippen molar-refractivity contribution in [1.29, 1.82) is 0 Å². The zero-order chi connectivity index (χ0) is 24.1. The first-order valence-corrected chi connectivity index (χ1v) is 11.9. The van der Waals surface area contributed by atoms with Gasteiger partial charge in [0.05, 0.1) is 23.0 Å². The quantitative estimate of drug-likeness (QED) is 0.358. The van der Waals surface area contributed by atoms with Gasteiger partial charge in [-0.3, -0.25) is 0 Å². The molecule has 36 heavy (non-hydrogen) atoms. The fraction of sp³-hybridized carbons (Fsp3) is 0.200. The Morgan fingerprint density at radius 2 is 1.72 bits per heavy atom. The number of hydrogen-bond acceptors (Lipinski definition) is 5.